The average Bonchev–Trinajstić information content (AvgIpc) is 3.13. The molecule has 0 bridgehead atoms. The summed E-state index contributed by atoms with van der Waals surface area (Å²) < 4.78 is 4.49. The van der Waals surface area contributed by atoms with E-state index in [4.69, 9.17) is 5.11 Å². The predicted octanol–water partition coefficient (Wildman–Crippen LogP) is 1.04. The Balaban J connectivity index is 2.03. The fraction of sp³-hybridized carbons (Fsp3) is 0.769. The first-order valence-electron chi connectivity index (χ1n) is 6.60. The number of aliphatic carboxylic acids is 1. The maximum Gasteiger partial charge on any atom is 0.305 e. The second-order valence-electron chi connectivity index (χ2n) is 5.09. The Bertz CT molecular complexity index is 368. The second kappa shape index (κ2) is 8.14. The van der Waals surface area contributed by atoms with E-state index >= 15 is 0 Å². The van der Waals surface area contributed by atoms with E-state index in [1.807, 2.05) is 0 Å². The van der Waals surface area contributed by atoms with Crippen LogP contribution in [0.5, 0.6) is 0 Å². The molecule has 20 heavy (non-hydrogen) atoms. The number of ether oxygens (including phenoxy) is 1. The van der Waals surface area contributed by atoms with Gasteiger partial charge in [0, 0.05) is 13.0 Å². The number of hydrogen-bond acceptors (Lipinski definition) is 5. The predicted molar refractivity (Wildman–Crippen MR) is 75.5 cm³/mol. The number of methoxy groups -OCH3 is 1. The highest BCUT2D eigenvalue weighted by Crippen LogP contribution is 2.50. The van der Waals surface area contributed by atoms with E-state index in [9.17, 15) is 14.4 Å². The van der Waals surface area contributed by atoms with Gasteiger partial charge in [0.15, 0.2) is 0 Å². The van der Waals surface area contributed by atoms with Crippen molar-refractivity contribution < 1.29 is 24.2 Å². The van der Waals surface area contributed by atoms with E-state index in [0.29, 0.717) is 25.1 Å². The zero-order chi connectivity index (χ0) is 15.0. The van der Waals surface area contributed by atoms with Crippen molar-refractivity contribution in [3.05, 3.63) is 0 Å². The Morgan fingerprint density at radius 1 is 1.35 bits per heavy atom. The lowest BCUT2D eigenvalue weighted by Crippen LogP contribution is -2.27. The van der Waals surface area contributed by atoms with E-state index in [1.165, 1.54) is 18.9 Å². The zero-order valence-electron chi connectivity index (χ0n) is 11.6. The number of carbonyl (C=O) groups is 3. The van der Waals surface area contributed by atoms with Crippen LogP contribution in [-0.4, -0.2) is 48.1 Å². The molecule has 0 aromatic carbocycles. The van der Waals surface area contributed by atoms with E-state index in [1.54, 1.807) is 0 Å². The van der Waals surface area contributed by atoms with Gasteiger partial charge in [-0.25, -0.2) is 0 Å². The van der Waals surface area contributed by atoms with Crippen molar-refractivity contribution in [2.75, 3.05) is 25.2 Å². The summed E-state index contributed by atoms with van der Waals surface area (Å²) in [5.41, 5.74) is -0.0817. The molecule has 2 N–H and O–H groups in total. The molecule has 1 fully saturated rings. The number of esters is 1. The zero-order valence-corrected chi connectivity index (χ0v) is 12.5. The molecular weight excluding hydrogens is 282 g/mol. The van der Waals surface area contributed by atoms with Crippen molar-refractivity contribution in [2.24, 2.45) is 5.41 Å². The molecule has 1 aliphatic rings. The first kappa shape index (κ1) is 16.8. The molecule has 7 heteroatoms. The minimum Gasteiger partial charge on any atom is -0.481 e. The number of amides is 1. The van der Waals surface area contributed by atoms with Gasteiger partial charge in [0.2, 0.25) is 5.91 Å². The van der Waals surface area contributed by atoms with Crippen LogP contribution in [0.15, 0.2) is 0 Å². The summed E-state index contributed by atoms with van der Waals surface area (Å²) in [4.78, 5) is 33.0. The third-order valence-electron chi connectivity index (χ3n) is 3.23. The van der Waals surface area contributed by atoms with Crippen LogP contribution in [0.4, 0.5) is 0 Å². The Kier molecular flexibility index (Phi) is 6.84. The van der Waals surface area contributed by atoms with E-state index in [-0.39, 0.29) is 23.7 Å². The molecule has 0 aromatic rings. The van der Waals surface area contributed by atoms with Gasteiger partial charge in [-0.05, 0) is 30.4 Å². The van der Waals surface area contributed by atoms with E-state index in [2.05, 4.69) is 10.1 Å². The van der Waals surface area contributed by atoms with Crippen LogP contribution in [0.25, 0.3) is 0 Å². The third kappa shape index (κ3) is 6.79. The molecule has 6 nitrogen and oxygen atoms in total. The van der Waals surface area contributed by atoms with Crippen molar-refractivity contribution in [2.45, 2.75) is 32.1 Å². The molecule has 0 atom stereocenters. The lowest BCUT2D eigenvalue weighted by molar-refractivity contribution is -0.141. The van der Waals surface area contributed by atoms with Gasteiger partial charge < -0.3 is 15.2 Å². The number of carboxylic acid groups (broad SMARTS) is 1. The highest BCUT2D eigenvalue weighted by molar-refractivity contribution is 7.99. The number of nitrogens with one attached hydrogen (secondary N) is 1. The van der Waals surface area contributed by atoms with Crippen LogP contribution >= 0.6 is 11.8 Å². The molecule has 0 saturated heterocycles. The molecule has 0 spiro atoms. The van der Waals surface area contributed by atoms with Crippen LogP contribution < -0.4 is 5.32 Å². The van der Waals surface area contributed by atoms with Gasteiger partial charge >= 0.3 is 11.9 Å². The Morgan fingerprint density at radius 2 is 2.05 bits per heavy atom. The lowest BCUT2D eigenvalue weighted by atomic mass is 10.1. The highest BCUT2D eigenvalue weighted by Gasteiger charge is 2.44. The van der Waals surface area contributed by atoms with Gasteiger partial charge in [-0.1, -0.05) is 0 Å². The van der Waals surface area contributed by atoms with Crippen LogP contribution in [0.1, 0.15) is 32.1 Å². The topological polar surface area (TPSA) is 92.7 Å². The Labute approximate surface area is 122 Å². The molecule has 1 aliphatic carbocycles. The molecule has 0 unspecified atom stereocenters. The van der Waals surface area contributed by atoms with Gasteiger partial charge in [0.1, 0.15) is 0 Å². The minimum absolute atomic E-state index is 0.0778. The summed E-state index contributed by atoms with van der Waals surface area (Å²) in [5, 5.41) is 11.5. The van der Waals surface area contributed by atoms with Crippen molar-refractivity contribution >= 4 is 29.6 Å². The summed E-state index contributed by atoms with van der Waals surface area (Å²) in [6.45, 7) is 0.453. The lowest BCUT2D eigenvalue weighted by Gasteiger charge is -2.11. The molecule has 1 saturated carbocycles. The molecule has 0 aromatic heterocycles. The molecule has 0 radical (unpaired) electrons. The van der Waals surface area contributed by atoms with Gasteiger partial charge in [-0.2, -0.15) is 11.8 Å². The van der Waals surface area contributed by atoms with E-state index in [0.717, 1.165) is 18.6 Å². The second-order valence-corrected chi connectivity index (χ2v) is 6.08. The van der Waals surface area contributed by atoms with Gasteiger partial charge in [-0.15, -0.1) is 0 Å². The quantitative estimate of drug-likeness (QED) is 0.463. The smallest absolute Gasteiger partial charge is 0.305 e. The summed E-state index contributed by atoms with van der Waals surface area (Å²) in [7, 11) is 1.34. The average molecular weight is 303 g/mol. The first-order chi connectivity index (χ1) is 9.47. The van der Waals surface area contributed by atoms with E-state index < -0.39 is 5.97 Å². The third-order valence-corrected chi connectivity index (χ3v) is 4.52. The fourth-order valence-electron chi connectivity index (χ4n) is 1.84. The summed E-state index contributed by atoms with van der Waals surface area (Å²) in [6.07, 6.45) is 2.93. The van der Waals surface area contributed by atoms with Crippen LogP contribution in [0, 0.1) is 5.41 Å². The van der Waals surface area contributed by atoms with Gasteiger partial charge in [0.05, 0.1) is 19.3 Å². The maximum atomic E-state index is 11.5. The van der Waals surface area contributed by atoms with Gasteiger partial charge in [-0.3, -0.25) is 14.4 Å². The molecule has 1 amide bonds. The fourth-order valence-corrected chi connectivity index (χ4v) is 3.06. The van der Waals surface area contributed by atoms with Crippen molar-refractivity contribution in [1.29, 1.82) is 0 Å². The number of carboxylic acids is 1. The SMILES string of the molecule is COC(=O)CCCNC(=O)CSCC1(CC(=O)O)CC1. The number of hydrogen-bond donors (Lipinski definition) is 2. The minimum atomic E-state index is -0.768. The molecule has 1 rings (SSSR count). The highest BCUT2D eigenvalue weighted by atomic mass is 32.2. The Morgan fingerprint density at radius 3 is 2.60 bits per heavy atom. The number of rotatable bonds is 10. The van der Waals surface area contributed by atoms with Crippen molar-refractivity contribution in [3.63, 3.8) is 0 Å². The van der Waals surface area contributed by atoms with Crippen LogP contribution in [-0.2, 0) is 19.1 Å². The molecule has 0 heterocycles. The summed E-state index contributed by atoms with van der Waals surface area (Å²) in [6, 6.07) is 0. The monoisotopic (exact) mass is 303 g/mol. The van der Waals surface area contributed by atoms with Crippen LogP contribution in [0.2, 0.25) is 0 Å². The maximum absolute atomic E-state index is 11.5. The molecule has 114 valence electrons. The van der Waals surface area contributed by atoms with Crippen molar-refractivity contribution in [3.8, 4) is 0 Å². The van der Waals surface area contributed by atoms with Gasteiger partial charge in [0.25, 0.3) is 0 Å². The van der Waals surface area contributed by atoms with Crippen molar-refractivity contribution in [1.82, 2.24) is 5.32 Å². The molecule has 0 aliphatic heterocycles. The summed E-state index contributed by atoms with van der Waals surface area (Å²) in [5.74, 6) is -0.0756. The largest absolute Gasteiger partial charge is 0.481 e. The number of carbonyl (C=O) groups excluding carboxylic acids is 2. The summed E-state index contributed by atoms with van der Waals surface area (Å²) >= 11 is 1.47. The standard InChI is InChI=1S/C13H21NO5S/c1-19-12(18)3-2-6-14-10(15)8-20-9-13(4-5-13)7-11(16)17/h2-9H2,1H3,(H,14,15)(H,16,17). The Hall–Kier alpha value is -1.24. The molecular formula is C13H21NO5S. The van der Waals surface area contributed by atoms with Crippen LogP contribution in [0.3, 0.4) is 0 Å². The first-order valence-corrected chi connectivity index (χ1v) is 7.76. The number of thioether (sulfide) groups is 1. The normalized spacial score (nSPS) is 15.4.